The van der Waals surface area contributed by atoms with Gasteiger partial charge in [0.05, 0.1) is 5.69 Å². The van der Waals surface area contributed by atoms with Crippen molar-refractivity contribution in [3.63, 3.8) is 0 Å². The molecule has 1 amide bonds. The lowest BCUT2D eigenvalue weighted by Crippen LogP contribution is -2.29. The van der Waals surface area contributed by atoms with E-state index in [1.165, 1.54) is 6.42 Å². The molecule has 1 saturated carbocycles. The van der Waals surface area contributed by atoms with Gasteiger partial charge in [0.15, 0.2) is 5.78 Å². The molecule has 0 unspecified atom stereocenters. The van der Waals surface area contributed by atoms with Gasteiger partial charge in [-0.1, -0.05) is 40.0 Å². The van der Waals surface area contributed by atoms with Crippen molar-refractivity contribution in [2.45, 2.75) is 66.7 Å². The maximum Gasteiger partial charge on any atom is 0.229 e. The Balaban J connectivity index is 2.35. The Hall–Kier alpha value is -1.64. The summed E-state index contributed by atoms with van der Waals surface area (Å²) in [6, 6.07) is 3.89. The first-order valence-corrected chi connectivity index (χ1v) is 8.67. The quantitative estimate of drug-likeness (QED) is 0.793. The highest BCUT2D eigenvalue weighted by Gasteiger charge is 2.27. The lowest BCUT2D eigenvalue weighted by atomic mass is 9.83. The molecule has 3 nitrogen and oxygen atoms in total. The van der Waals surface area contributed by atoms with E-state index in [1.54, 1.807) is 0 Å². The van der Waals surface area contributed by atoms with Gasteiger partial charge in [-0.3, -0.25) is 9.59 Å². The topological polar surface area (TPSA) is 46.2 Å². The lowest BCUT2D eigenvalue weighted by Gasteiger charge is -2.24. The maximum atomic E-state index is 13.0. The van der Waals surface area contributed by atoms with Gasteiger partial charge >= 0.3 is 0 Å². The van der Waals surface area contributed by atoms with Crippen LogP contribution in [0.15, 0.2) is 12.1 Å². The number of aryl methyl sites for hydroxylation is 2. The Bertz CT molecular complexity index is 605. The van der Waals surface area contributed by atoms with E-state index < -0.39 is 5.41 Å². The SMILES string of the molecule is Cc1cc(NC(=O)C(C)(C)C)c(C(=O)C2CCCCC2)cc1C. The molecule has 0 saturated heterocycles. The highest BCUT2D eigenvalue weighted by Crippen LogP contribution is 2.31. The molecule has 3 heteroatoms. The minimum atomic E-state index is -0.482. The van der Waals surface area contributed by atoms with E-state index in [9.17, 15) is 9.59 Å². The normalized spacial score (nSPS) is 16.2. The molecule has 0 heterocycles. The van der Waals surface area contributed by atoms with Crippen LogP contribution in [0.3, 0.4) is 0 Å². The summed E-state index contributed by atoms with van der Waals surface area (Å²) >= 11 is 0. The zero-order valence-corrected chi connectivity index (χ0v) is 15.1. The fraction of sp³-hybridized carbons (Fsp3) is 0.600. The van der Waals surface area contributed by atoms with E-state index in [0.29, 0.717) is 11.3 Å². The number of ketones is 1. The van der Waals surface area contributed by atoms with Crippen molar-refractivity contribution in [2.75, 3.05) is 5.32 Å². The lowest BCUT2D eigenvalue weighted by molar-refractivity contribution is -0.123. The molecule has 1 aromatic carbocycles. The van der Waals surface area contributed by atoms with Gasteiger partial charge in [0.2, 0.25) is 5.91 Å². The number of rotatable bonds is 3. The van der Waals surface area contributed by atoms with Gasteiger partial charge in [-0.2, -0.15) is 0 Å². The highest BCUT2D eigenvalue weighted by atomic mass is 16.2. The molecule has 0 aromatic heterocycles. The molecule has 23 heavy (non-hydrogen) atoms. The summed E-state index contributed by atoms with van der Waals surface area (Å²) in [6.07, 6.45) is 5.43. The van der Waals surface area contributed by atoms with Crippen molar-refractivity contribution in [3.05, 3.63) is 28.8 Å². The van der Waals surface area contributed by atoms with Crippen LogP contribution in [0.5, 0.6) is 0 Å². The van der Waals surface area contributed by atoms with Crippen LogP contribution in [0.25, 0.3) is 0 Å². The standard InChI is InChI=1S/C20H29NO2/c1-13-11-16(18(22)15-9-7-6-8-10-15)17(12-14(13)2)21-19(23)20(3,4)5/h11-12,15H,6-10H2,1-5H3,(H,21,23). The van der Waals surface area contributed by atoms with Gasteiger partial charge in [0, 0.05) is 16.9 Å². The van der Waals surface area contributed by atoms with E-state index in [1.807, 2.05) is 46.8 Å². The average molecular weight is 315 g/mol. The molecular weight excluding hydrogens is 286 g/mol. The van der Waals surface area contributed by atoms with Crippen LogP contribution < -0.4 is 5.32 Å². The second kappa shape index (κ2) is 6.86. The van der Waals surface area contributed by atoms with E-state index in [0.717, 1.165) is 36.8 Å². The summed E-state index contributed by atoms with van der Waals surface area (Å²) < 4.78 is 0. The van der Waals surface area contributed by atoms with E-state index in [-0.39, 0.29) is 17.6 Å². The number of hydrogen-bond acceptors (Lipinski definition) is 2. The van der Waals surface area contributed by atoms with Gasteiger partial charge in [0.1, 0.15) is 0 Å². The second-order valence-corrected chi connectivity index (χ2v) is 7.89. The molecule has 126 valence electrons. The fourth-order valence-corrected chi connectivity index (χ4v) is 3.02. The van der Waals surface area contributed by atoms with E-state index in [2.05, 4.69) is 5.32 Å². The van der Waals surface area contributed by atoms with Crippen molar-refractivity contribution in [1.82, 2.24) is 0 Å². The first-order chi connectivity index (χ1) is 10.7. The third kappa shape index (κ3) is 4.21. The summed E-state index contributed by atoms with van der Waals surface area (Å²) in [5.74, 6) is 0.242. The molecule has 0 aliphatic heterocycles. The van der Waals surface area contributed by atoms with Crippen LogP contribution in [0.1, 0.15) is 74.4 Å². The first-order valence-electron chi connectivity index (χ1n) is 8.67. The summed E-state index contributed by atoms with van der Waals surface area (Å²) in [5.41, 5.74) is 3.05. The average Bonchev–Trinajstić information content (AvgIpc) is 2.50. The molecule has 0 bridgehead atoms. The highest BCUT2D eigenvalue weighted by molar-refractivity contribution is 6.07. The number of carbonyl (C=O) groups excluding carboxylic acids is 2. The van der Waals surface area contributed by atoms with Gasteiger partial charge in [0.25, 0.3) is 0 Å². The van der Waals surface area contributed by atoms with Crippen LogP contribution in [-0.2, 0) is 4.79 Å². The van der Waals surface area contributed by atoms with Gasteiger partial charge in [-0.15, -0.1) is 0 Å². The van der Waals surface area contributed by atoms with Crippen molar-refractivity contribution in [2.24, 2.45) is 11.3 Å². The Morgan fingerprint density at radius 3 is 2.13 bits per heavy atom. The Morgan fingerprint density at radius 2 is 1.57 bits per heavy atom. The second-order valence-electron chi connectivity index (χ2n) is 7.89. The molecule has 1 aliphatic rings. The number of nitrogens with one attached hydrogen (secondary N) is 1. The fourth-order valence-electron chi connectivity index (χ4n) is 3.02. The third-order valence-electron chi connectivity index (χ3n) is 4.80. The maximum absolute atomic E-state index is 13.0. The predicted molar refractivity (Wildman–Crippen MR) is 94.9 cm³/mol. The van der Waals surface area contributed by atoms with Crippen molar-refractivity contribution >= 4 is 17.4 Å². The van der Waals surface area contributed by atoms with Gasteiger partial charge in [-0.05, 0) is 49.9 Å². The molecule has 0 atom stereocenters. The molecule has 2 rings (SSSR count). The summed E-state index contributed by atoms with van der Waals surface area (Å²) in [6.45, 7) is 9.67. The zero-order chi connectivity index (χ0) is 17.2. The number of benzene rings is 1. The number of amides is 1. The number of Topliss-reactive ketones (excluding diaryl/α,β-unsaturated/α-hetero) is 1. The van der Waals surface area contributed by atoms with Gasteiger partial charge < -0.3 is 5.32 Å². The van der Waals surface area contributed by atoms with Crippen molar-refractivity contribution in [1.29, 1.82) is 0 Å². The summed E-state index contributed by atoms with van der Waals surface area (Å²) in [7, 11) is 0. The summed E-state index contributed by atoms with van der Waals surface area (Å²) in [4.78, 5) is 25.3. The Morgan fingerprint density at radius 1 is 1.00 bits per heavy atom. The number of carbonyl (C=O) groups is 2. The largest absolute Gasteiger partial charge is 0.325 e. The van der Waals surface area contributed by atoms with Crippen molar-refractivity contribution in [3.8, 4) is 0 Å². The molecule has 0 radical (unpaired) electrons. The third-order valence-corrected chi connectivity index (χ3v) is 4.80. The molecule has 1 aliphatic carbocycles. The van der Waals surface area contributed by atoms with Crippen LogP contribution in [0, 0.1) is 25.2 Å². The van der Waals surface area contributed by atoms with E-state index >= 15 is 0 Å². The van der Waals surface area contributed by atoms with Crippen LogP contribution in [0.4, 0.5) is 5.69 Å². The number of anilines is 1. The Labute approximate surface area is 139 Å². The minimum Gasteiger partial charge on any atom is -0.325 e. The zero-order valence-electron chi connectivity index (χ0n) is 15.1. The van der Waals surface area contributed by atoms with E-state index in [4.69, 9.17) is 0 Å². The van der Waals surface area contributed by atoms with Crippen molar-refractivity contribution < 1.29 is 9.59 Å². The monoisotopic (exact) mass is 315 g/mol. The molecule has 1 aromatic rings. The predicted octanol–water partition coefficient (Wildman–Crippen LogP) is 5.05. The molecule has 0 spiro atoms. The molecule has 1 N–H and O–H groups in total. The Kier molecular flexibility index (Phi) is 5.28. The van der Waals surface area contributed by atoms with Crippen LogP contribution in [0.2, 0.25) is 0 Å². The van der Waals surface area contributed by atoms with Crippen LogP contribution >= 0.6 is 0 Å². The smallest absolute Gasteiger partial charge is 0.229 e. The number of hydrogen-bond donors (Lipinski definition) is 1. The summed E-state index contributed by atoms with van der Waals surface area (Å²) in [5, 5.41) is 2.98. The van der Waals surface area contributed by atoms with Gasteiger partial charge in [-0.25, -0.2) is 0 Å². The van der Waals surface area contributed by atoms with Crippen LogP contribution in [-0.4, -0.2) is 11.7 Å². The first kappa shape index (κ1) is 17.7. The minimum absolute atomic E-state index is 0.0570. The molecule has 1 fully saturated rings. The molecular formula is C20H29NO2.